The topological polar surface area (TPSA) is 3.24 Å². The standard InChI is InChI=1S/C54H43N/c1-53(2)49-21-13-11-19-45(49)47-29-25-37(34-51(47)53)40-31-39(32-41(33-40)38-26-30-48-46-20-12-14-22-50(46)54(3,4)52(48)35-38)36-23-27-44(28-24-36)55(42-15-7-5-8-16-42)43-17-9-6-10-18-43/h5-35H,1-4H3. The van der Waals surface area contributed by atoms with Crippen molar-refractivity contribution in [2.75, 3.05) is 4.90 Å². The van der Waals surface area contributed by atoms with Crippen molar-refractivity contribution in [1.29, 1.82) is 0 Å². The zero-order valence-corrected chi connectivity index (χ0v) is 31.8. The third kappa shape index (κ3) is 5.37. The fraction of sp³-hybridized carbons (Fsp3) is 0.111. The molecule has 1 nitrogen and oxygen atoms in total. The monoisotopic (exact) mass is 705 g/mol. The minimum absolute atomic E-state index is 0.0673. The van der Waals surface area contributed by atoms with E-state index in [1.165, 1.54) is 77.9 Å². The zero-order valence-electron chi connectivity index (χ0n) is 31.8. The maximum absolute atomic E-state index is 2.45. The van der Waals surface area contributed by atoms with E-state index in [1.807, 2.05) is 0 Å². The first kappa shape index (κ1) is 33.2. The van der Waals surface area contributed by atoms with E-state index in [1.54, 1.807) is 0 Å². The fourth-order valence-electron chi connectivity index (χ4n) is 9.30. The van der Waals surface area contributed by atoms with Gasteiger partial charge in [0.2, 0.25) is 0 Å². The molecule has 0 radical (unpaired) electrons. The first-order valence-corrected chi connectivity index (χ1v) is 19.4. The zero-order chi connectivity index (χ0) is 37.3. The normalized spacial score (nSPS) is 14.1. The molecule has 0 atom stereocenters. The largest absolute Gasteiger partial charge is 0.311 e. The minimum Gasteiger partial charge on any atom is -0.311 e. The average Bonchev–Trinajstić information content (AvgIpc) is 3.61. The van der Waals surface area contributed by atoms with Crippen molar-refractivity contribution >= 4 is 17.1 Å². The van der Waals surface area contributed by atoms with Gasteiger partial charge in [-0.1, -0.05) is 149 Å². The van der Waals surface area contributed by atoms with Crippen molar-refractivity contribution < 1.29 is 0 Å². The van der Waals surface area contributed by atoms with Crippen LogP contribution in [-0.4, -0.2) is 0 Å². The van der Waals surface area contributed by atoms with Crippen LogP contribution in [-0.2, 0) is 10.8 Å². The highest BCUT2D eigenvalue weighted by molar-refractivity contribution is 5.89. The van der Waals surface area contributed by atoms with Gasteiger partial charge in [0.05, 0.1) is 0 Å². The van der Waals surface area contributed by atoms with Gasteiger partial charge >= 0.3 is 0 Å². The van der Waals surface area contributed by atoms with Gasteiger partial charge in [-0.25, -0.2) is 0 Å². The molecule has 55 heavy (non-hydrogen) atoms. The van der Waals surface area contributed by atoms with Gasteiger partial charge in [-0.15, -0.1) is 0 Å². The molecule has 0 aliphatic heterocycles. The second-order valence-electron chi connectivity index (χ2n) is 16.2. The number of hydrogen-bond donors (Lipinski definition) is 0. The lowest BCUT2D eigenvalue weighted by Crippen LogP contribution is -2.15. The molecule has 8 aromatic carbocycles. The van der Waals surface area contributed by atoms with Crippen LogP contribution in [0.25, 0.3) is 55.6 Å². The third-order valence-electron chi connectivity index (χ3n) is 12.3. The Bertz CT molecular complexity index is 2570. The molecule has 0 bridgehead atoms. The van der Waals surface area contributed by atoms with Crippen LogP contribution >= 0.6 is 0 Å². The third-order valence-corrected chi connectivity index (χ3v) is 12.3. The lowest BCUT2D eigenvalue weighted by atomic mass is 9.81. The van der Waals surface area contributed by atoms with Crippen molar-refractivity contribution in [2.45, 2.75) is 38.5 Å². The summed E-state index contributed by atoms with van der Waals surface area (Å²) in [6, 6.07) is 69.5. The van der Waals surface area contributed by atoms with Crippen LogP contribution < -0.4 is 4.90 Å². The summed E-state index contributed by atoms with van der Waals surface area (Å²) in [6.07, 6.45) is 0. The van der Waals surface area contributed by atoms with Crippen LogP contribution in [0.15, 0.2) is 188 Å². The van der Waals surface area contributed by atoms with E-state index in [4.69, 9.17) is 0 Å². The van der Waals surface area contributed by atoms with Crippen LogP contribution in [0, 0.1) is 0 Å². The van der Waals surface area contributed by atoms with Gasteiger partial charge in [0.1, 0.15) is 0 Å². The summed E-state index contributed by atoms with van der Waals surface area (Å²) in [7, 11) is 0. The number of hydrogen-bond acceptors (Lipinski definition) is 1. The van der Waals surface area contributed by atoms with Crippen molar-refractivity contribution in [3.05, 3.63) is 210 Å². The molecule has 0 unspecified atom stereocenters. The Balaban J connectivity index is 1.11. The Labute approximate surface area is 325 Å². The lowest BCUT2D eigenvalue weighted by molar-refractivity contribution is 0.660. The molecule has 10 rings (SSSR count). The predicted molar refractivity (Wildman–Crippen MR) is 233 cm³/mol. The molecule has 0 spiro atoms. The molecule has 0 aromatic heterocycles. The maximum Gasteiger partial charge on any atom is 0.0462 e. The number of para-hydroxylation sites is 2. The van der Waals surface area contributed by atoms with Crippen LogP contribution in [0.4, 0.5) is 17.1 Å². The van der Waals surface area contributed by atoms with E-state index in [0.29, 0.717) is 0 Å². The second-order valence-corrected chi connectivity index (χ2v) is 16.2. The van der Waals surface area contributed by atoms with E-state index in [2.05, 4.69) is 221 Å². The second kappa shape index (κ2) is 12.6. The Morgan fingerprint density at radius 1 is 0.273 bits per heavy atom. The van der Waals surface area contributed by atoms with E-state index < -0.39 is 0 Å². The molecular formula is C54H43N. The van der Waals surface area contributed by atoms with Crippen molar-refractivity contribution in [3.63, 3.8) is 0 Å². The Morgan fingerprint density at radius 2 is 0.618 bits per heavy atom. The summed E-state index contributed by atoms with van der Waals surface area (Å²) in [6.45, 7) is 9.46. The van der Waals surface area contributed by atoms with Crippen LogP contribution in [0.2, 0.25) is 0 Å². The smallest absolute Gasteiger partial charge is 0.0462 e. The van der Waals surface area contributed by atoms with Crippen molar-refractivity contribution in [3.8, 4) is 55.6 Å². The van der Waals surface area contributed by atoms with Crippen LogP contribution in [0.3, 0.4) is 0 Å². The minimum atomic E-state index is -0.0673. The average molecular weight is 706 g/mol. The van der Waals surface area contributed by atoms with E-state index in [-0.39, 0.29) is 10.8 Å². The molecule has 0 amide bonds. The summed E-state index contributed by atoms with van der Waals surface area (Å²) in [5.74, 6) is 0. The Hall–Kier alpha value is -6.44. The van der Waals surface area contributed by atoms with Crippen molar-refractivity contribution in [2.24, 2.45) is 0 Å². The molecule has 2 aliphatic carbocycles. The predicted octanol–water partition coefficient (Wildman–Crippen LogP) is 14.8. The molecule has 0 saturated carbocycles. The summed E-state index contributed by atoms with van der Waals surface area (Å²) < 4.78 is 0. The molecule has 0 N–H and O–H groups in total. The lowest BCUT2D eigenvalue weighted by Gasteiger charge is -2.25. The molecule has 2 aliphatic rings. The number of fused-ring (bicyclic) bond motifs is 6. The molecule has 0 heterocycles. The van der Waals surface area contributed by atoms with Gasteiger partial charge in [-0.3, -0.25) is 0 Å². The molecule has 1 heteroatoms. The summed E-state index contributed by atoms with van der Waals surface area (Å²) in [5.41, 5.74) is 21.6. The summed E-state index contributed by atoms with van der Waals surface area (Å²) in [5, 5.41) is 0. The van der Waals surface area contributed by atoms with Gasteiger partial charge in [0.25, 0.3) is 0 Å². The van der Waals surface area contributed by atoms with Gasteiger partial charge < -0.3 is 4.90 Å². The van der Waals surface area contributed by atoms with Gasteiger partial charge in [-0.2, -0.15) is 0 Å². The Morgan fingerprint density at radius 3 is 1.07 bits per heavy atom. The summed E-state index contributed by atoms with van der Waals surface area (Å²) >= 11 is 0. The van der Waals surface area contributed by atoms with Crippen LogP contribution in [0.1, 0.15) is 49.9 Å². The first-order chi connectivity index (χ1) is 26.8. The fourth-order valence-corrected chi connectivity index (χ4v) is 9.30. The number of nitrogens with zero attached hydrogens (tertiary/aromatic N) is 1. The van der Waals surface area contributed by atoms with E-state index >= 15 is 0 Å². The molecule has 264 valence electrons. The highest BCUT2D eigenvalue weighted by Crippen LogP contribution is 2.51. The van der Waals surface area contributed by atoms with Crippen LogP contribution in [0.5, 0.6) is 0 Å². The highest BCUT2D eigenvalue weighted by atomic mass is 15.1. The molecular weight excluding hydrogens is 663 g/mol. The quantitative estimate of drug-likeness (QED) is 0.166. The number of anilines is 3. The van der Waals surface area contributed by atoms with E-state index in [9.17, 15) is 0 Å². The van der Waals surface area contributed by atoms with E-state index in [0.717, 1.165) is 17.1 Å². The Kier molecular flexibility index (Phi) is 7.58. The molecule has 8 aromatic rings. The maximum atomic E-state index is 2.45. The van der Waals surface area contributed by atoms with Crippen molar-refractivity contribution in [1.82, 2.24) is 0 Å². The number of benzene rings is 8. The first-order valence-electron chi connectivity index (χ1n) is 19.4. The van der Waals surface area contributed by atoms with Gasteiger partial charge in [-0.05, 0) is 145 Å². The number of rotatable bonds is 6. The van der Waals surface area contributed by atoms with Gasteiger partial charge in [0, 0.05) is 27.9 Å². The summed E-state index contributed by atoms with van der Waals surface area (Å²) in [4.78, 5) is 2.32. The molecule has 0 saturated heterocycles. The highest BCUT2D eigenvalue weighted by Gasteiger charge is 2.36. The molecule has 0 fully saturated rings. The SMILES string of the molecule is CC1(C)c2ccccc2-c2ccc(-c3cc(-c4ccc(N(c5ccccc5)c5ccccc5)cc4)cc(-c4ccc5c(c4)C(C)(C)c4ccccc4-5)c3)cc21. The van der Waals surface area contributed by atoms with Gasteiger partial charge in [0.15, 0.2) is 0 Å².